The molecule has 5 nitrogen and oxygen atoms in total. The van der Waals surface area contributed by atoms with E-state index in [1.807, 2.05) is 6.92 Å². The lowest BCUT2D eigenvalue weighted by atomic mass is 9.77. The van der Waals surface area contributed by atoms with Gasteiger partial charge >= 0.3 is 0 Å². The van der Waals surface area contributed by atoms with Gasteiger partial charge in [-0.2, -0.15) is 0 Å². The molecule has 2 N–H and O–H groups in total. The lowest BCUT2D eigenvalue weighted by molar-refractivity contribution is -0.129. The highest BCUT2D eigenvalue weighted by Gasteiger charge is 2.33. The lowest BCUT2D eigenvalue weighted by Crippen LogP contribution is -2.46. The fraction of sp³-hybridized carbons (Fsp3) is 0.882. The number of aliphatic hydroxyl groups excluding tert-OH is 1. The third-order valence-electron chi connectivity index (χ3n) is 4.85. The van der Waals surface area contributed by atoms with Crippen molar-refractivity contribution in [2.75, 3.05) is 6.61 Å². The minimum Gasteiger partial charge on any atom is -0.393 e. The second kappa shape index (κ2) is 8.63. The molecular weight excluding hydrogens is 282 g/mol. The summed E-state index contributed by atoms with van der Waals surface area (Å²) in [5.41, 5.74) is 0. The molecule has 2 aliphatic rings. The van der Waals surface area contributed by atoms with Crippen molar-refractivity contribution in [3.05, 3.63) is 0 Å². The average molecular weight is 311 g/mol. The first-order valence-corrected chi connectivity index (χ1v) is 8.70. The summed E-state index contributed by atoms with van der Waals surface area (Å²) in [6.45, 7) is 2.50. The van der Waals surface area contributed by atoms with Gasteiger partial charge in [-0.25, -0.2) is 0 Å². The molecule has 0 bridgehead atoms. The summed E-state index contributed by atoms with van der Waals surface area (Å²) in [6.07, 6.45) is 7.00. The molecular formula is C17H29NO4. The summed E-state index contributed by atoms with van der Waals surface area (Å²) in [5.74, 6) is 0.548. The third-order valence-corrected chi connectivity index (χ3v) is 4.85. The van der Waals surface area contributed by atoms with Crippen molar-refractivity contribution < 1.29 is 19.4 Å². The lowest BCUT2D eigenvalue weighted by Gasteiger charge is -2.34. The molecule has 22 heavy (non-hydrogen) atoms. The predicted molar refractivity (Wildman–Crippen MR) is 83.4 cm³/mol. The number of hydrogen-bond donors (Lipinski definition) is 2. The van der Waals surface area contributed by atoms with Crippen LogP contribution < -0.4 is 5.32 Å². The Morgan fingerprint density at radius 2 is 1.86 bits per heavy atom. The van der Waals surface area contributed by atoms with Gasteiger partial charge in [-0.15, -0.1) is 0 Å². The average Bonchev–Trinajstić information content (AvgIpc) is 2.48. The van der Waals surface area contributed by atoms with Gasteiger partial charge in [0.2, 0.25) is 5.91 Å². The first-order valence-electron chi connectivity index (χ1n) is 8.70. The van der Waals surface area contributed by atoms with Crippen molar-refractivity contribution in [1.29, 1.82) is 0 Å². The van der Waals surface area contributed by atoms with Crippen LogP contribution in [0.5, 0.6) is 0 Å². The molecule has 0 aromatic carbocycles. The zero-order valence-electron chi connectivity index (χ0n) is 13.6. The molecule has 0 saturated heterocycles. The molecule has 0 spiro atoms. The number of carbonyl (C=O) groups excluding carboxylic acids is 2. The molecule has 5 heteroatoms. The number of aliphatic hydroxyl groups is 1. The van der Waals surface area contributed by atoms with Crippen LogP contribution in [0, 0.1) is 5.92 Å². The van der Waals surface area contributed by atoms with Crippen LogP contribution in [-0.2, 0) is 14.3 Å². The first-order chi connectivity index (χ1) is 10.6. The van der Waals surface area contributed by atoms with E-state index < -0.39 is 0 Å². The van der Waals surface area contributed by atoms with Crippen LogP contribution in [0.4, 0.5) is 0 Å². The third kappa shape index (κ3) is 5.36. The molecule has 0 heterocycles. The maximum absolute atomic E-state index is 11.8. The highest BCUT2D eigenvalue weighted by Crippen LogP contribution is 2.29. The van der Waals surface area contributed by atoms with Crippen LogP contribution in [-0.4, -0.2) is 41.7 Å². The van der Waals surface area contributed by atoms with E-state index in [2.05, 4.69) is 5.32 Å². The van der Waals surface area contributed by atoms with Crippen molar-refractivity contribution in [3.8, 4) is 0 Å². The zero-order valence-corrected chi connectivity index (χ0v) is 13.6. The van der Waals surface area contributed by atoms with Gasteiger partial charge in [0.1, 0.15) is 5.78 Å². The minimum atomic E-state index is -0.156. The molecule has 0 atom stereocenters. The smallest absolute Gasteiger partial charge is 0.220 e. The number of ketones is 1. The van der Waals surface area contributed by atoms with Gasteiger partial charge in [-0.3, -0.25) is 9.59 Å². The summed E-state index contributed by atoms with van der Waals surface area (Å²) in [4.78, 5) is 23.3. The van der Waals surface area contributed by atoms with E-state index >= 15 is 0 Å². The van der Waals surface area contributed by atoms with E-state index in [9.17, 15) is 14.7 Å². The van der Waals surface area contributed by atoms with Gasteiger partial charge in [0.15, 0.2) is 0 Å². The van der Waals surface area contributed by atoms with Crippen molar-refractivity contribution in [1.82, 2.24) is 5.32 Å². The Hall–Kier alpha value is -0.940. The molecule has 1 amide bonds. The van der Waals surface area contributed by atoms with Crippen molar-refractivity contribution in [3.63, 3.8) is 0 Å². The fourth-order valence-corrected chi connectivity index (χ4v) is 3.28. The molecule has 126 valence electrons. The van der Waals surface area contributed by atoms with E-state index in [1.54, 1.807) is 0 Å². The molecule has 2 saturated carbocycles. The summed E-state index contributed by atoms with van der Waals surface area (Å²) in [7, 11) is 0. The van der Waals surface area contributed by atoms with E-state index in [1.165, 1.54) is 0 Å². The second-order valence-corrected chi connectivity index (χ2v) is 6.66. The number of hydrogen-bond acceptors (Lipinski definition) is 4. The Morgan fingerprint density at radius 3 is 2.50 bits per heavy atom. The molecule has 0 unspecified atom stereocenters. The van der Waals surface area contributed by atoms with E-state index in [4.69, 9.17) is 4.74 Å². The van der Waals surface area contributed by atoms with Crippen LogP contribution in [0.15, 0.2) is 0 Å². The first kappa shape index (κ1) is 17.4. The van der Waals surface area contributed by atoms with Crippen molar-refractivity contribution in [2.24, 2.45) is 5.92 Å². The number of ether oxygens (including phenoxy) is 1. The molecule has 0 aliphatic heterocycles. The van der Waals surface area contributed by atoms with Gasteiger partial charge in [0.05, 0.1) is 12.2 Å². The summed E-state index contributed by atoms with van der Waals surface area (Å²) in [6, 6.07) is 0.189. The highest BCUT2D eigenvalue weighted by molar-refractivity contribution is 5.82. The van der Waals surface area contributed by atoms with Gasteiger partial charge in [0, 0.05) is 31.4 Å². The Balaban J connectivity index is 1.48. The predicted octanol–water partition coefficient (Wildman–Crippen LogP) is 1.96. The molecule has 2 aliphatic carbocycles. The van der Waals surface area contributed by atoms with E-state index in [0.29, 0.717) is 25.2 Å². The quantitative estimate of drug-likeness (QED) is 0.672. The van der Waals surface area contributed by atoms with E-state index in [0.717, 1.165) is 44.9 Å². The van der Waals surface area contributed by atoms with Crippen molar-refractivity contribution >= 4 is 11.7 Å². The van der Waals surface area contributed by atoms with Crippen LogP contribution in [0.2, 0.25) is 0 Å². The molecule has 0 aromatic heterocycles. The normalized spacial score (nSPS) is 31.4. The van der Waals surface area contributed by atoms with Crippen LogP contribution in [0.1, 0.15) is 64.7 Å². The molecule has 0 aromatic rings. The Labute approximate surface area is 132 Å². The molecule has 0 radical (unpaired) electrons. The Kier molecular flexibility index (Phi) is 6.83. The van der Waals surface area contributed by atoms with Gasteiger partial charge < -0.3 is 15.2 Å². The fourth-order valence-electron chi connectivity index (χ4n) is 3.28. The minimum absolute atomic E-state index is 0.0649. The Bertz CT molecular complexity index is 371. The van der Waals surface area contributed by atoms with Gasteiger partial charge in [-0.05, 0) is 44.9 Å². The van der Waals surface area contributed by atoms with Gasteiger partial charge in [-0.1, -0.05) is 6.92 Å². The largest absolute Gasteiger partial charge is 0.393 e. The van der Waals surface area contributed by atoms with E-state index in [-0.39, 0.29) is 30.1 Å². The van der Waals surface area contributed by atoms with Gasteiger partial charge in [0.25, 0.3) is 0 Å². The molecule has 2 rings (SSSR count). The monoisotopic (exact) mass is 311 g/mol. The number of carbonyl (C=O) groups is 2. The summed E-state index contributed by atoms with van der Waals surface area (Å²) in [5, 5.41) is 12.4. The maximum atomic E-state index is 11.8. The maximum Gasteiger partial charge on any atom is 0.220 e. The zero-order chi connectivity index (χ0) is 15.9. The number of nitrogens with one attached hydrogen (secondary N) is 1. The second-order valence-electron chi connectivity index (χ2n) is 6.66. The van der Waals surface area contributed by atoms with Crippen LogP contribution in [0.25, 0.3) is 0 Å². The Morgan fingerprint density at radius 1 is 1.18 bits per heavy atom. The highest BCUT2D eigenvalue weighted by atomic mass is 16.5. The van der Waals surface area contributed by atoms with Crippen LogP contribution >= 0.6 is 0 Å². The number of rotatable bonds is 8. The van der Waals surface area contributed by atoms with Crippen molar-refractivity contribution in [2.45, 2.75) is 83.0 Å². The SMILES string of the molecule is CCC(=O)C1CC(NC(=O)CCCOC2CCC(O)CC2)C1. The van der Waals surface area contributed by atoms with Crippen LogP contribution in [0.3, 0.4) is 0 Å². The molecule has 2 fully saturated rings. The summed E-state index contributed by atoms with van der Waals surface area (Å²) < 4.78 is 5.75. The topological polar surface area (TPSA) is 75.6 Å². The standard InChI is InChI=1S/C17H29NO4/c1-2-16(20)12-10-13(11-12)18-17(21)4-3-9-22-15-7-5-14(19)6-8-15/h12-15,19H,2-11H2,1H3,(H,18,21). The summed E-state index contributed by atoms with van der Waals surface area (Å²) >= 11 is 0. The number of Topliss-reactive ketones (excluding diaryl/α,β-unsaturated/α-hetero) is 1. The number of amides is 1.